The van der Waals surface area contributed by atoms with E-state index in [1.165, 1.54) is 4.90 Å². The molecule has 48 heavy (non-hydrogen) atoms. The molecule has 3 atom stereocenters. The standard InChI is InChI=1S/C37H49F2N3O5S/c1-4-11-33(12-5-2)48(46,47)25-30(22-41-36(44)29-15-8-7-9-16-29)37(45)42(23-27-14-10-13-26(6-3)17-27)24-35(43)34(40)20-28-18-31(38)21-32(39)19-28/h7-10,13-19,21,30,33-35,43H,4-6,11-12,20,22-25,40H2,1-3H3,(H,41,44)/t30?,34-,35+/m0/s1. The van der Waals surface area contributed by atoms with Crippen molar-refractivity contribution < 1.29 is 31.9 Å². The maximum absolute atomic E-state index is 14.4. The van der Waals surface area contributed by atoms with Gasteiger partial charge in [0.05, 0.1) is 23.0 Å². The Bertz CT molecular complexity index is 1560. The van der Waals surface area contributed by atoms with Crippen LogP contribution in [-0.2, 0) is 34.0 Å². The van der Waals surface area contributed by atoms with Gasteiger partial charge in [-0.2, -0.15) is 0 Å². The number of aryl methyl sites for hydroxylation is 1. The molecule has 3 rings (SSSR count). The van der Waals surface area contributed by atoms with E-state index in [1.54, 1.807) is 30.3 Å². The molecule has 0 fully saturated rings. The third-order valence-electron chi connectivity index (χ3n) is 8.44. The number of hydrogen-bond acceptors (Lipinski definition) is 6. The highest BCUT2D eigenvalue weighted by atomic mass is 32.2. The first-order chi connectivity index (χ1) is 22.9. The van der Waals surface area contributed by atoms with Gasteiger partial charge in [0.2, 0.25) is 5.91 Å². The molecule has 3 aromatic rings. The number of hydrogen-bond donors (Lipinski definition) is 3. The lowest BCUT2D eigenvalue weighted by atomic mass is 10.00. The number of nitrogens with two attached hydrogens (primary N) is 1. The van der Waals surface area contributed by atoms with Gasteiger partial charge in [-0.05, 0) is 66.6 Å². The molecule has 1 unspecified atom stereocenters. The van der Waals surface area contributed by atoms with Crippen LogP contribution in [0.2, 0.25) is 0 Å². The third-order valence-corrected chi connectivity index (χ3v) is 10.8. The van der Waals surface area contributed by atoms with Gasteiger partial charge < -0.3 is 21.1 Å². The zero-order valence-electron chi connectivity index (χ0n) is 28.1. The zero-order chi connectivity index (χ0) is 35.3. The molecule has 4 N–H and O–H groups in total. The summed E-state index contributed by atoms with van der Waals surface area (Å²) in [5, 5.41) is 13.4. The quantitative estimate of drug-likeness (QED) is 0.159. The minimum absolute atomic E-state index is 0.0432. The van der Waals surface area contributed by atoms with Crippen molar-refractivity contribution in [1.29, 1.82) is 0 Å². The second-order valence-electron chi connectivity index (χ2n) is 12.4. The van der Waals surface area contributed by atoms with Crippen molar-refractivity contribution in [3.8, 4) is 0 Å². The van der Waals surface area contributed by atoms with Crippen LogP contribution in [0.3, 0.4) is 0 Å². The van der Waals surface area contributed by atoms with Gasteiger partial charge in [0.25, 0.3) is 5.91 Å². The molecule has 0 aliphatic heterocycles. The smallest absolute Gasteiger partial charge is 0.251 e. The van der Waals surface area contributed by atoms with Crippen LogP contribution in [0.1, 0.15) is 73.5 Å². The number of rotatable bonds is 19. The second kappa shape index (κ2) is 18.8. The van der Waals surface area contributed by atoms with Gasteiger partial charge in [-0.1, -0.05) is 76.1 Å². The van der Waals surface area contributed by atoms with E-state index in [-0.39, 0.29) is 31.6 Å². The van der Waals surface area contributed by atoms with Crippen LogP contribution in [-0.4, -0.2) is 66.5 Å². The number of benzene rings is 3. The third kappa shape index (κ3) is 11.8. The summed E-state index contributed by atoms with van der Waals surface area (Å²) in [6, 6.07) is 18.0. The molecule has 0 bridgehead atoms. The van der Waals surface area contributed by atoms with E-state index in [4.69, 9.17) is 5.73 Å². The lowest BCUT2D eigenvalue weighted by molar-refractivity contribution is -0.137. The van der Waals surface area contributed by atoms with E-state index in [9.17, 15) is 31.9 Å². The molecular weight excluding hydrogens is 636 g/mol. The number of aliphatic hydroxyl groups excluding tert-OH is 1. The summed E-state index contributed by atoms with van der Waals surface area (Å²) >= 11 is 0. The van der Waals surface area contributed by atoms with E-state index in [0.717, 1.165) is 35.7 Å². The fourth-order valence-corrected chi connectivity index (χ4v) is 8.13. The number of carbonyl (C=O) groups excluding carboxylic acids is 2. The zero-order valence-corrected chi connectivity index (χ0v) is 28.9. The first-order valence-electron chi connectivity index (χ1n) is 16.7. The highest BCUT2D eigenvalue weighted by Gasteiger charge is 2.35. The van der Waals surface area contributed by atoms with Crippen LogP contribution in [0.5, 0.6) is 0 Å². The van der Waals surface area contributed by atoms with Crippen molar-refractivity contribution in [2.24, 2.45) is 11.7 Å². The van der Waals surface area contributed by atoms with Crippen LogP contribution in [0.15, 0.2) is 72.8 Å². The fourth-order valence-electron chi connectivity index (χ4n) is 5.85. The van der Waals surface area contributed by atoms with E-state index in [1.807, 2.05) is 45.0 Å². The molecule has 0 spiro atoms. The van der Waals surface area contributed by atoms with Gasteiger partial charge in [0.1, 0.15) is 11.6 Å². The fraction of sp³-hybridized carbons (Fsp3) is 0.459. The maximum atomic E-state index is 14.4. The monoisotopic (exact) mass is 685 g/mol. The Labute approximate surface area is 283 Å². The second-order valence-corrected chi connectivity index (χ2v) is 14.7. The SMILES string of the molecule is CCCC(CCC)S(=O)(=O)CC(CNC(=O)c1ccccc1)C(=O)N(Cc1cccc(CC)c1)C[C@@H](O)[C@@H](N)Cc1cc(F)cc(F)c1. The molecule has 262 valence electrons. The van der Waals surface area contributed by atoms with Gasteiger partial charge in [-0.25, -0.2) is 17.2 Å². The molecule has 8 nitrogen and oxygen atoms in total. The van der Waals surface area contributed by atoms with Gasteiger partial charge in [-0.3, -0.25) is 9.59 Å². The van der Waals surface area contributed by atoms with E-state index >= 15 is 0 Å². The van der Waals surface area contributed by atoms with Crippen LogP contribution < -0.4 is 11.1 Å². The van der Waals surface area contributed by atoms with Gasteiger partial charge in [-0.15, -0.1) is 0 Å². The van der Waals surface area contributed by atoms with Crippen molar-refractivity contribution in [3.05, 3.63) is 107 Å². The molecule has 0 aliphatic carbocycles. The van der Waals surface area contributed by atoms with Crippen molar-refractivity contribution in [1.82, 2.24) is 10.2 Å². The number of aliphatic hydroxyl groups is 1. The molecule has 0 saturated carbocycles. The van der Waals surface area contributed by atoms with E-state index < -0.39 is 62.4 Å². The Morgan fingerprint density at radius 3 is 2.10 bits per heavy atom. The molecule has 3 aromatic carbocycles. The van der Waals surface area contributed by atoms with Crippen molar-refractivity contribution in [2.75, 3.05) is 18.8 Å². The van der Waals surface area contributed by atoms with Crippen molar-refractivity contribution in [2.45, 2.75) is 83.2 Å². The number of sulfone groups is 1. The Morgan fingerprint density at radius 2 is 1.50 bits per heavy atom. The number of carbonyl (C=O) groups is 2. The number of halogens is 2. The van der Waals surface area contributed by atoms with Gasteiger partial charge in [0, 0.05) is 37.3 Å². The molecule has 0 saturated heterocycles. The normalized spacial score (nSPS) is 13.6. The number of nitrogens with zero attached hydrogens (tertiary/aromatic N) is 1. The van der Waals surface area contributed by atoms with Crippen LogP contribution in [0.25, 0.3) is 0 Å². The van der Waals surface area contributed by atoms with Crippen LogP contribution >= 0.6 is 0 Å². The average Bonchev–Trinajstić information content (AvgIpc) is 3.05. The predicted molar refractivity (Wildman–Crippen MR) is 185 cm³/mol. The Hall–Kier alpha value is -3.67. The average molecular weight is 686 g/mol. The summed E-state index contributed by atoms with van der Waals surface area (Å²) in [5.74, 6) is -4.20. The Morgan fingerprint density at radius 1 is 0.875 bits per heavy atom. The molecular formula is C37H49F2N3O5S. The lowest BCUT2D eigenvalue weighted by Crippen LogP contribution is -2.50. The van der Waals surface area contributed by atoms with E-state index in [0.29, 0.717) is 31.2 Å². The topological polar surface area (TPSA) is 130 Å². The molecule has 0 aromatic heterocycles. The highest BCUT2D eigenvalue weighted by Crippen LogP contribution is 2.21. The summed E-state index contributed by atoms with van der Waals surface area (Å²) in [6.45, 7) is 5.35. The maximum Gasteiger partial charge on any atom is 0.251 e. The molecule has 0 heterocycles. The summed E-state index contributed by atoms with van der Waals surface area (Å²) in [5.41, 5.74) is 8.71. The lowest BCUT2D eigenvalue weighted by Gasteiger charge is -2.32. The molecule has 2 amide bonds. The summed E-state index contributed by atoms with van der Waals surface area (Å²) in [7, 11) is -3.77. The largest absolute Gasteiger partial charge is 0.390 e. The molecule has 0 radical (unpaired) electrons. The predicted octanol–water partition coefficient (Wildman–Crippen LogP) is 5.22. The summed E-state index contributed by atoms with van der Waals surface area (Å²) in [4.78, 5) is 28.8. The van der Waals surface area contributed by atoms with Crippen LogP contribution in [0, 0.1) is 17.6 Å². The van der Waals surface area contributed by atoms with Gasteiger partial charge in [0.15, 0.2) is 9.84 Å². The van der Waals surface area contributed by atoms with E-state index in [2.05, 4.69) is 5.32 Å². The number of nitrogens with one attached hydrogen (secondary N) is 1. The first kappa shape index (κ1) is 38.8. The number of amides is 2. The Kier molecular flexibility index (Phi) is 15.2. The van der Waals surface area contributed by atoms with Crippen molar-refractivity contribution in [3.63, 3.8) is 0 Å². The first-order valence-corrected chi connectivity index (χ1v) is 18.4. The Balaban J connectivity index is 1.95. The minimum Gasteiger partial charge on any atom is -0.390 e. The minimum atomic E-state index is -3.77. The molecule has 0 aliphatic rings. The van der Waals surface area contributed by atoms with Crippen LogP contribution in [0.4, 0.5) is 8.78 Å². The van der Waals surface area contributed by atoms with Gasteiger partial charge >= 0.3 is 0 Å². The summed E-state index contributed by atoms with van der Waals surface area (Å²) in [6.07, 6.45) is 1.59. The summed E-state index contributed by atoms with van der Waals surface area (Å²) < 4.78 is 55.2. The highest BCUT2D eigenvalue weighted by molar-refractivity contribution is 7.92. The molecule has 11 heteroatoms. The van der Waals surface area contributed by atoms with Crippen molar-refractivity contribution >= 4 is 21.7 Å².